The van der Waals surface area contributed by atoms with Gasteiger partial charge >= 0.3 is 0 Å². The average molecular weight is 414 g/mol. The van der Waals surface area contributed by atoms with Crippen LogP contribution in [-0.2, 0) is 30.7 Å². The van der Waals surface area contributed by atoms with Crippen molar-refractivity contribution in [2.24, 2.45) is 0 Å². The lowest BCUT2D eigenvalue weighted by molar-refractivity contribution is -0.134. The van der Waals surface area contributed by atoms with Gasteiger partial charge in [-0.15, -0.1) is 0 Å². The Morgan fingerprint density at radius 3 is 2.07 bits per heavy atom. The van der Waals surface area contributed by atoms with E-state index in [0.29, 0.717) is 56.6 Å². The Bertz CT molecular complexity index is 800. The van der Waals surface area contributed by atoms with Crippen LogP contribution in [0.15, 0.2) is 17.0 Å². The van der Waals surface area contributed by atoms with Crippen molar-refractivity contribution in [3.8, 4) is 11.5 Å². The largest absolute Gasteiger partial charge is 0.493 e. The molecular formula is C18H26N2O7S. The molecule has 2 saturated heterocycles. The molecule has 10 heteroatoms. The van der Waals surface area contributed by atoms with E-state index >= 15 is 0 Å². The van der Waals surface area contributed by atoms with Crippen molar-refractivity contribution < 1.29 is 32.2 Å². The topological polar surface area (TPSA) is 94.6 Å². The minimum Gasteiger partial charge on any atom is -0.493 e. The van der Waals surface area contributed by atoms with Crippen LogP contribution in [0.3, 0.4) is 0 Å². The van der Waals surface area contributed by atoms with Crippen LogP contribution in [0.1, 0.15) is 5.56 Å². The van der Waals surface area contributed by atoms with Gasteiger partial charge in [0.25, 0.3) is 0 Å². The van der Waals surface area contributed by atoms with Gasteiger partial charge in [-0.3, -0.25) is 4.79 Å². The Hall–Kier alpha value is -1.88. The zero-order chi connectivity index (χ0) is 20.1. The lowest BCUT2D eigenvalue weighted by Crippen LogP contribution is -2.42. The number of morpholine rings is 2. The highest BCUT2D eigenvalue weighted by molar-refractivity contribution is 7.89. The molecule has 9 nitrogen and oxygen atoms in total. The van der Waals surface area contributed by atoms with Gasteiger partial charge in [-0.2, -0.15) is 4.31 Å². The molecule has 0 spiro atoms. The van der Waals surface area contributed by atoms with Crippen LogP contribution in [0, 0.1) is 0 Å². The first-order chi connectivity index (χ1) is 13.5. The standard InChI is InChI=1S/C18H26N2O7S/c1-24-15-11-14(12-18(21)19-3-7-26-8-4-19)17(13-16(15)25-2)28(22,23)20-5-9-27-10-6-20/h11,13H,3-10,12H2,1-2H3. The van der Waals surface area contributed by atoms with Gasteiger partial charge < -0.3 is 23.8 Å². The minimum atomic E-state index is -3.80. The monoisotopic (exact) mass is 414 g/mol. The van der Waals surface area contributed by atoms with Crippen LogP contribution in [0.4, 0.5) is 0 Å². The zero-order valence-electron chi connectivity index (χ0n) is 16.2. The molecule has 2 aliphatic rings. The van der Waals surface area contributed by atoms with Gasteiger partial charge in [-0.05, 0) is 11.6 Å². The summed E-state index contributed by atoms with van der Waals surface area (Å²) in [6, 6.07) is 3.01. The van der Waals surface area contributed by atoms with E-state index in [9.17, 15) is 13.2 Å². The van der Waals surface area contributed by atoms with Crippen LogP contribution in [0.25, 0.3) is 0 Å². The quantitative estimate of drug-likeness (QED) is 0.653. The fraction of sp³-hybridized carbons (Fsp3) is 0.611. The van der Waals surface area contributed by atoms with Crippen molar-refractivity contribution in [2.45, 2.75) is 11.3 Å². The molecule has 0 aliphatic carbocycles. The molecule has 1 aromatic rings. The summed E-state index contributed by atoms with van der Waals surface area (Å²) in [4.78, 5) is 14.5. The third kappa shape index (κ3) is 4.40. The third-order valence-corrected chi connectivity index (χ3v) is 6.84. The molecule has 0 unspecified atom stereocenters. The van der Waals surface area contributed by atoms with Crippen LogP contribution in [-0.4, -0.2) is 90.4 Å². The molecule has 0 bridgehead atoms. The Morgan fingerprint density at radius 2 is 1.50 bits per heavy atom. The molecule has 1 aromatic carbocycles. The van der Waals surface area contributed by atoms with Gasteiger partial charge in [-0.1, -0.05) is 0 Å². The number of rotatable bonds is 6. The molecule has 0 saturated carbocycles. The van der Waals surface area contributed by atoms with Crippen molar-refractivity contribution in [2.75, 3.05) is 66.8 Å². The predicted molar refractivity (Wildman–Crippen MR) is 100 cm³/mol. The van der Waals surface area contributed by atoms with Crippen LogP contribution < -0.4 is 9.47 Å². The second-order valence-corrected chi connectivity index (χ2v) is 8.41. The lowest BCUT2D eigenvalue weighted by Gasteiger charge is -2.29. The van der Waals surface area contributed by atoms with Gasteiger partial charge in [0.15, 0.2) is 11.5 Å². The van der Waals surface area contributed by atoms with E-state index < -0.39 is 10.0 Å². The highest BCUT2D eigenvalue weighted by Gasteiger charge is 2.31. The van der Waals surface area contributed by atoms with E-state index in [-0.39, 0.29) is 30.3 Å². The molecule has 0 N–H and O–H groups in total. The molecule has 1 amide bonds. The van der Waals surface area contributed by atoms with Crippen molar-refractivity contribution in [3.63, 3.8) is 0 Å². The van der Waals surface area contributed by atoms with E-state index in [1.54, 1.807) is 11.0 Å². The van der Waals surface area contributed by atoms with Gasteiger partial charge in [0, 0.05) is 32.2 Å². The fourth-order valence-corrected chi connectivity index (χ4v) is 4.92. The van der Waals surface area contributed by atoms with E-state index in [1.165, 1.54) is 24.6 Å². The Labute approximate surface area is 165 Å². The number of hydrogen-bond donors (Lipinski definition) is 0. The Kier molecular flexibility index (Phi) is 6.76. The van der Waals surface area contributed by atoms with E-state index in [2.05, 4.69) is 0 Å². The Morgan fingerprint density at radius 1 is 0.964 bits per heavy atom. The van der Waals surface area contributed by atoms with Crippen LogP contribution >= 0.6 is 0 Å². The average Bonchev–Trinajstić information content (AvgIpc) is 2.74. The summed E-state index contributed by atoms with van der Waals surface area (Å²) in [5, 5.41) is 0. The second-order valence-electron chi connectivity index (χ2n) is 6.50. The summed E-state index contributed by atoms with van der Waals surface area (Å²) in [7, 11) is -0.884. The number of carbonyl (C=O) groups is 1. The molecule has 2 fully saturated rings. The van der Waals surface area contributed by atoms with Crippen molar-refractivity contribution in [1.82, 2.24) is 9.21 Å². The molecule has 0 atom stereocenters. The van der Waals surface area contributed by atoms with Crippen molar-refractivity contribution in [3.05, 3.63) is 17.7 Å². The first kappa shape index (κ1) is 20.8. The summed E-state index contributed by atoms with van der Waals surface area (Å²) >= 11 is 0. The smallest absolute Gasteiger partial charge is 0.243 e. The summed E-state index contributed by atoms with van der Waals surface area (Å²) in [5.74, 6) is 0.541. The highest BCUT2D eigenvalue weighted by atomic mass is 32.2. The maximum absolute atomic E-state index is 13.3. The second kappa shape index (κ2) is 9.08. The molecular weight excluding hydrogens is 388 g/mol. The summed E-state index contributed by atoms with van der Waals surface area (Å²) in [5.41, 5.74) is 0.389. The van der Waals surface area contributed by atoms with E-state index in [0.717, 1.165) is 0 Å². The van der Waals surface area contributed by atoms with Gasteiger partial charge in [-0.25, -0.2) is 8.42 Å². The molecule has 28 heavy (non-hydrogen) atoms. The molecule has 156 valence electrons. The number of ether oxygens (including phenoxy) is 4. The minimum absolute atomic E-state index is 0.0424. The summed E-state index contributed by atoms with van der Waals surface area (Å²) < 4.78 is 49.1. The van der Waals surface area contributed by atoms with Crippen LogP contribution in [0.2, 0.25) is 0 Å². The number of hydrogen-bond acceptors (Lipinski definition) is 7. The van der Waals surface area contributed by atoms with Crippen LogP contribution in [0.5, 0.6) is 11.5 Å². The highest BCUT2D eigenvalue weighted by Crippen LogP contribution is 2.34. The first-order valence-electron chi connectivity index (χ1n) is 9.15. The van der Waals surface area contributed by atoms with Gasteiger partial charge in [0.1, 0.15) is 0 Å². The molecule has 3 rings (SSSR count). The third-order valence-electron chi connectivity index (χ3n) is 4.86. The summed E-state index contributed by atoms with van der Waals surface area (Å²) in [6.07, 6.45) is -0.0424. The number of amides is 1. The zero-order valence-corrected chi connectivity index (χ0v) is 17.0. The van der Waals surface area contributed by atoms with Crippen molar-refractivity contribution >= 4 is 15.9 Å². The van der Waals surface area contributed by atoms with Crippen molar-refractivity contribution in [1.29, 1.82) is 0 Å². The maximum atomic E-state index is 13.3. The first-order valence-corrected chi connectivity index (χ1v) is 10.6. The molecule has 2 aliphatic heterocycles. The SMILES string of the molecule is COc1cc(CC(=O)N2CCOCC2)c(S(=O)(=O)N2CCOCC2)cc1OC. The van der Waals surface area contributed by atoms with Gasteiger partial charge in [0.05, 0.1) is 52.0 Å². The number of benzene rings is 1. The lowest BCUT2D eigenvalue weighted by atomic mass is 10.1. The molecule has 0 radical (unpaired) electrons. The summed E-state index contributed by atoms with van der Waals surface area (Å²) in [6.45, 7) is 3.19. The Balaban J connectivity index is 1.97. The van der Waals surface area contributed by atoms with E-state index in [1.807, 2.05) is 0 Å². The molecule has 2 heterocycles. The number of methoxy groups -OCH3 is 2. The number of sulfonamides is 1. The maximum Gasteiger partial charge on any atom is 0.243 e. The molecule has 0 aromatic heterocycles. The fourth-order valence-electron chi connectivity index (χ4n) is 3.29. The normalized spacial score (nSPS) is 18.7. The van der Waals surface area contributed by atoms with E-state index in [4.69, 9.17) is 18.9 Å². The van der Waals surface area contributed by atoms with Gasteiger partial charge in [0.2, 0.25) is 15.9 Å². The number of carbonyl (C=O) groups excluding carboxylic acids is 1. The number of nitrogens with zero attached hydrogens (tertiary/aromatic N) is 2. The predicted octanol–water partition coefficient (Wildman–Crippen LogP) is 0.126.